The summed E-state index contributed by atoms with van der Waals surface area (Å²) < 4.78 is 22.3. The number of carbonyl (C=O) groups excluding carboxylic acids is 1. The van der Waals surface area contributed by atoms with Crippen molar-refractivity contribution >= 4 is 11.9 Å². The zero-order valence-corrected chi connectivity index (χ0v) is 19.7. The molecule has 2 aliphatic heterocycles. The van der Waals surface area contributed by atoms with E-state index in [1.807, 2.05) is 0 Å². The molecule has 1 fully saturated rings. The number of β-amino-alcohol motifs (C(OH)–C–C–N with tert-alkyl or cyclic N) is 1. The number of fused-ring (bicyclic) bond motifs is 1. The highest BCUT2D eigenvalue weighted by atomic mass is 16.5. The molecule has 2 N–H and O–H groups in total. The average molecular weight is 471 g/mol. The number of ether oxygens (including phenoxy) is 4. The van der Waals surface area contributed by atoms with Crippen LogP contribution in [0.1, 0.15) is 21.5 Å². The molecular formula is C25H30N2O7. The SMILES string of the molecule is COc1ccc(C=C2Oc3c(ccc(O)c3CN3CCN(CCO)CC3)C2=O)c(OC)c1OC. The number of rotatable bonds is 8. The number of aliphatic hydroxyl groups is 1. The van der Waals surface area contributed by atoms with Gasteiger partial charge in [0.15, 0.2) is 17.3 Å². The van der Waals surface area contributed by atoms with Crippen LogP contribution in [0.4, 0.5) is 0 Å². The lowest BCUT2D eigenvalue weighted by molar-refractivity contribution is 0.101. The molecular weight excluding hydrogens is 440 g/mol. The molecule has 34 heavy (non-hydrogen) atoms. The molecule has 2 heterocycles. The highest BCUT2D eigenvalue weighted by molar-refractivity contribution is 6.15. The Morgan fingerprint density at radius 3 is 2.32 bits per heavy atom. The largest absolute Gasteiger partial charge is 0.507 e. The van der Waals surface area contributed by atoms with E-state index in [9.17, 15) is 9.90 Å². The predicted octanol–water partition coefficient (Wildman–Crippen LogP) is 2.14. The Bertz CT molecular complexity index is 1090. The maximum atomic E-state index is 13.1. The van der Waals surface area contributed by atoms with E-state index in [0.29, 0.717) is 52.8 Å². The Kier molecular flexibility index (Phi) is 7.26. The van der Waals surface area contributed by atoms with Gasteiger partial charge >= 0.3 is 0 Å². The first-order chi connectivity index (χ1) is 16.5. The Morgan fingerprint density at radius 1 is 0.971 bits per heavy atom. The molecule has 2 aliphatic rings. The minimum Gasteiger partial charge on any atom is -0.507 e. The fourth-order valence-corrected chi connectivity index (χ4v) is 4.36. The smallest absolute Gasteiger partial charge is 0.231 e. The molecule has 9 nitrogen and oxygen atoms in total. The van der Waals surface area contributed by atoms with Gasteiger partial charge in [0.1, 0.15) is 11.5 Å². The van der Waals surface area contributed by atoms with Crippen LogP contribution in [0.15, 0.2) is 30.0 Å². The molecule has 182 valence electrons. The number of methoxy groups -OCH3 is 3. The molecule has 0 spiro atoms. The summed E-state index contributed by atoms with van der Waals surface area (Å²) in [5.74, 6) is 1.70. The number of ketones is 1. The van der Waals surface area contributed by atoms with E-state index >= 15 is 0 Å². The van der Waals surface area contributed by atoms with Crippen molar-refractivity contribution in [2.75, 3.05) is 60.7 Å². The first-order valence-corrected chi connectivity index (χ1v) is 11.1. The van der Waals surface area contributed by atoms with Gasteiger partial charge in [0, 0.05) is 44.8 Å². The van der Waals surface area contributed by atoms with Crippen LogP contribution >= 0.6 is 0 Å². The summed E-state index contributed by atoms with van der Waals surface area (Å²) in [4.78, 5) is 17.5. The predicted molar refractivity (Wildman–Crippen MR) is 126 cm³/mol. The highest BCUT2D eigenvalue weighted by Crippen LogP contribution is 2.43. The van der Waals surface area contributed by atoms with Crippen molar-refractivity contribution in [3.05, 3.63) is 46.7 Å². The number of benzene rings is 2. The zero-order valence-electron chi connectivity index (χ0n) is 19.7. The first kappa shape index (κ1) is 23.9. The summed E-state index contributed by atoms with van der Waals surface area (Å²) in [6, 6.07) is 6.62. The van der Waals surface area contributed by atoms with E-state index in [0.717, 1.165) is 26.2 Å². The van der Waals surface area contributed by atoms with Crippen LogP contribution in [0.3, 0.4) is 0 Å². The lowest BCUT2D eigenvalue weighted by Crippen LogP contribution is -2.46. The quantitative estimate of drug-likeness (QED) is 0.562. The highest BCUT2D eigenvalue weighted by Gasteiger charge is 2.32. The summed E-state index contributed by atoms with van der Waals surface area (Å²) in [6.07, 6.45) is 1.61. The number of piperazine rings is 1. The minimum absolute atomic E-state index is 0.0919. The third-order valence-corrected chi connectivity index (χ3v) is 6.20. The molecule has 0 saturated carbocycles. The Balaban J connectivity index is 1.61. The van der Waals surface area contributed by atoms with Gasteiger partial charge in [-0.05, 0) is 30.3 Å². The van der Waals surface area contributed by atoms with Gasteiger partial charge in [0.05, 0.1) is 39.1 Å². The molecule has 1 saturated heterocycles. The minimum atomic E-state index is -0.263. The molecule has 4 rings (SSSR count). The number of hydrogen-bond donors (Lipinski definition) is 2. The molecule has 9 heteroatoms. The summed E-state index contributed by atoms with van der Waals surface area (Å²) in [5, 5.41) is 19.7. The van der Waals surface area contributed by atoms with E-state index in [4.69, 9.17) is 24.1 Å². The standard InChI is InChI=1S/C25H30N2O7/c1-31-20-7-4-16(23(32-2)25(20)33-3)14-21-22(30)17-5-6-19(29)18(24(17)34-21)15-27-10-8-26(9-11-27)12-13-28/h4-7,14,28-29H,8-13,15H2,1-3H3. The van der Waals surface area contributed by atoms with Gasteiger partial charge < -0.3 is 29.2 Å². The van der Waals surface area contributed by atoms with Crippen LogP contribution in [-0.4, -0.2) is 86.5 Å². The lowest BCUT2D eigenvalue weighted by atomic mass is 10.0. The number of Topliss-reactive ketones (excluding diaryl/α,β-unsaturated/α-hetero) is 1. The van der Waals surface area contributed by atoms with Crippen molar-refractivity contribution in [1.29, 1.82) is 0 Å². The zero-order chi connectivity index (χ0) is 24.2. The molecule has 0 aromatic heterocycles. The number of allylic oxidation sites excluding steroid dienone is 1. The van der Waals surface area contributed by atoms with Gasteiger partial charge in [-0.3, -0.25) is 14.6 Å². The van der Waals surface area contributed by atoms with Gasteiger partial charge in [0.25, 0.3) is 0 Å². The van der Waals surface area contributed by atoms with Gasteiger partial charge in [-0.2, -0.15) is 0 Å². The summed E-state index contributed by atoms with van der Waals surface area (Å²) in [7, 11) is 4.57. The van der Waals surface area contributed by atoms with E-state index in [1.165, 1.54) is 27.4 Å². The Hall–Kier alpha value is -3.27. The molecule has 0 radical (unpaired) electrons. The molecule has 2 aromatic carbocycles. The van der Waals surface area contributed by atoms with Crippen molar-refractivity contribution in [1.82, 2.24) is 9.80 Å². The van der Waals surface area contributed by atoms with E-state index in [1.54, 1.807) is 24.3 Å². The van der Waals surface area contributed by atoms with Gasteiger partial charge in [-0.25, -0.2) is 0 Å². The molecule has 0 atom stereocenters. The summed E-state index contributed by atoms with van der Waals surface area (Å²) >= 11 is 0. The van der Waals surface area contributed by atoms with Crippen molar-refractivity contribution in [3.63, 3.8) is 0 Å². The Labute approximate surface area is 198 Å². The van der Waals surface area contributed by atoms with Crippen LogP contribution in [0.5, 0.6) is 28.7 Å². The number of nitrogens with zero attached hydrogens (tertiary/aromatic N) is 2. The monoisotopic (exact) mass is 470 g/mol. The second kappa shape index (κ2) is 10.3. The molecule has 0 unspecified atom stereocenters. The van der Waals surface area contributed by atoms with Crippen LogP contribution in [0, 0.1) is 0 Å². The number of phenolic OH excluding ortho intramolecular Hbond substituents is 1. The van der Waals surface area contributed by atoms with Gasteiger partial charge in [0.2, 0.25) is 11.5 Å². The van der Waals surface area contributed by atoms with Gasteiger partial charge in [-0.15, -0.1) is 0 Å². The normalized spacial score (nSPS) is 17.5. The summed E-state index contributed by atoms with van der Waals surface area (Å²) in [6.45, 7) is 4.52. The second-order valence-corrected chi connectivity index (χ2v) is 8.14. The molecule has 0 amide bonds. The molecule has 2 aromatic rings. The van der Waals surface area contributed by atoms with E-state index in [-0.39, 0.29) is 23.9 Å². The van der Waals surface area contributed by atoms with E-state index in [2.05, 4.69) is 9.80 Å². The number of aliphatic hydroxyl groups excluding tert-OH is 1. The number of hydrogen-bond acceptors (Lipinski definition) is 9. The molecule has 0 aliphatic carbocycles. The van der Waals surface area contributed by atoms with Crippen LogP contribution in [-0.2, 0) is 6.54 Å². The first-order valence-electron chi connectivity index (χ1n) is 11.1. The fraction of sp³-hybridized carbons (Fsp3) is 0.400. The van der Waals surface area contributed by atoms with Crippen molar-refractivity contribution in [3.8, 4) is 28.7 Å². The van der Waals surface area contributed by atoms with Crippen LogP contribution in [0.2, 0.25) is 0 Å². The van der Waals surface area contributed by atoms with Crippen molar-refractivity contribution in [2.45, 2.75) is 6.54 Å². The van der Waals surface area contributed by atoms with Crippen molar-refractivity contribution < 1.29 is 34.0 Å². The number of phenols is 1. The van der Waals surface area contributed by atoms with Crippen LogP contribution < -0.4 is 18.9 Å². The van der Waals surface area contributed by atoms with Gasteiger partial charge in [-0.1, -0.05) is 0 Å². The number of carbonyl (C=O) groups is 1. The maximum Gasteiger partial charge on any atom is 0.231 e. The fourth-order valence-electron chi connectivity index (χ4n) is 4.36. The van der Waals surface area contributed by atoms with Crippen LogP contribution in [0.25, 0.3) is 6.08 Å². The third kappa shape index (κ3) is 4.54. The topological polar surface area (TPSA) is 101 Å². The average Bonchev–Trinajstić information content (AvgIpc) is 3.17. The maximum absolute atomic E-state index is 13.1. The van der Waals surface area contributed by atoms with Crippen molar-refractivity contribution in [2.24, 2.45) is 0 Å². The Morgan fingerprint density at radius 2 is 1.68 bits per heavy atom. The number of aromatic hydroxyl groups is 1. The molecule has 0 bridgehead atoms. The van der Waals surface area contributed by atoms with E-state index < -0.39 is 0 Å². The second-order valence-electron chi connectivity index (χ2n) is 8.14. The third-order valence-electron chi connectivity index (χ3n) is 6.20. The summed E-state index contributed by atoms with van der Waals surface area (Å²) in [5.41, 5.74) is 1.60. The lowest BCUT2D eigenvalue weighted by Gasteiger charge is -2.34.